The summed E-state index contributed by atoms with van der Waals surface area (Å²) < 4.78 is 55.0. The summed E-state index contributed by atoms with van der Waals surface area (Å²) >= 11 is 0. The van der Waals surface area contributed by atoms with E-state index in [9.17, 15) is 17.2 Å². The van der Waals surface area contributed by atoms with Gasteiger partial charge in [-0.2, -0.15) is 20.7 Å². The molecule has 8 nitrogen and oxygen atoms in total. The van der Waals surface area contributed by atoms with Crippen LogP contribution in [0.15, 0.2) is 82.8 Å². The molecule has 4 heterocycles. The van der Waals surface area contributed by atoms with Gasteiger partial charge >= 0.3 is 0 Å². The summed E-state index contributed by atoms with van der Waals surface area (Å²) in [6.45, 7) is 0. The van der Waals surface area contributed by atoms with Gasteiger partial charge in [-0.25, -0.2) is 8.78 Å². The molecule has 0 N–H and O–H groups in total. The Morgan fingerprint density at radius 1 is 0.725 bits per heavy atom. The molecule has 0 saturated carbocycles. The molecule has 2 aromatic heterocycles. The van der Waals surface area contributed by atoms with Gasteiger partial charge < -0.3 is 0 Å². The number of nitriles is 2. The van der Waals surface area contributed by atoms with Gasteiger partial charge in [-0.15, -0.1) is 0 Å². The van der Waals surface area contributed by atoms with E-state index in [0.717, 1.165) is 11.1 Å². The van der Waals surface area contributed by atoms with Crippen LogP contribution in [0.5, 0.6) is 0 Å². The predicted molar refractivity (Wildman–Crippen MR) is 144 cm³/mol. The number of fused-ring (bicyclic) bond motifs is 2. The summed E-state index contributed by atoms with van der Waals surface area (Å²) in [5.74, 6) is -0.243. The molecule has 12 heteroatoms. The number of alkyl halides is 2. The highest BCUT2D eigenvalue weighted by molar-refractivity contribution is 7.85. The molecule has 204 valence electrons. The molecular weight excluding hydrogens is 554 g/mol. The van der Waals surface area contributed by atoms with E-state index >= 15 is 0 Å². The van der Waals surface area contributed by atoms with Gasteiger partial charge in [0.2, 0.25) is 0 Å². The molecule has 2 aliphatic rings. The number of benzene rings is 2. The minimum absolute atomic E-state index is 0.122. The van der Waals surface area contributed by atoms with Crippen molar-refractivity contribution < 1.29 is 17.2 Å². The molecule has 0 radical (unpaired) electrons. The van der Waals surface area contributed by atoms with Gasteiger partial charge in [-0.3, -0.25) is 17.8 Å². The Labute approximate surface area is 234 Å². The lowest BCUT2D eigenvalue weighted by molar-refractivity contribution is 0.333. The predicted octanol–water partition coefficient (Wildman–Crippen LogP) is 5.04. The van der Waals surface area contributed by atoms with Crippen LogP contribution in [-0.4, -0.2) is 39.5 Å². The SMILES string of the molecule is N#CC[S@@](=O)c1cc2n(n1)[C@H](c1ccccc1)C[C@@H]2F.N#CC[S@](=O)c1cc2n(n1)[C@H](c1ccccc1)C[C@@H]2F. The van der Waals surface area contributed by atoms with Crippen molar-refractivity contribution in [3.05, 3.63) is 95.3 Å². The van der Waals surface area contributed by atoms with Crippen molar-refractivity contribution in [1.29, 1.82) is 10.5 Å². The Bertz CT molecular complexity index is 1510. The zero-order valence-corrected chi connectivity index (χ0v) is 22.8. The molecule has 0 aliphatic carbocycles. The molecular formula is C28H24F2N6O2S2. The van der Waals surface area contributed by atoms with Crippen LogP contribution in [0.3, 0.4) is 0 Å². The van der Waals surface area contributed by atoms with Crippen molar-refractivity contribution in [3.63, 3.8) is 0 Å². The minimum Gasteiger partial charge on any atom is -0.258 e. The van der Waals surface area contributed by atoms with Gasteiger partial charge in [0.15, 0.2) is 10.1 Å². The van der Waals surface area contributed by atoms with Crippen molar-refractivity contribution in [3.8, 4) is 12.1 Å². The fourth-order valence-electron chi connectivity index (χ4n) is 4.96. The topological polar surface area (TPSA) is 117 Å². The molecule has 2 aromatic carbocycles. The van der Waals surface area contributed by atoms with Crippen LogP contribution < -0.4 is 0 Å². The van der Waals surface area contributed by atoms with Crippen LogP contribution in [0.2, 0.25) is 0 Å². The van der Waals surface area contributed by atoms with Gasteiger partial charge in [0.05, 0.1) is 57.2 Å². The summed E-state index contributed by atoms with van der Waals surface area (Å²) in [5, 5.41) is 26.2. The van der Waals surface area contributed by atoms with E-state index in [0.29, 0.717) is 24.2 Å². The second-order valence-electron chi connectivity index (χ2n) is 9.26. The van der Waals surface area contributed by atoms with E-state index in [1.807, 2.05) is 72.8 Å². The fourth-order valence-corrected chi connectivity index (χ4v) is 6.36. The Morgan fingerprint density at radius 2 is 1.10 bits per heavy atom. The van der Waals surface area contributed by atoms with Gasteiger partial charge in [-0.05, 0) is 23.3 Å². The zero-order chi connectivity index (χ0) is 28.2. The molecule has 6 atom stereocenters. The Kier molecular flexibility index (Phi) is 8.29. The van der Waals surface area contributed by atoms with Gasteiger partial charge in [-0.1, -0.05) is 60.7 Å². The molecule has 0 bridgehead atoms. The second kappa shape index (κ2) is 12.0. The first kappa shape index (κ1) is 27.6. The maximum absolute atomic E-state index is 14.1. The molecule has 2 aliphatic heterocycles. The highest BCUT2D eigenvalue weighted by Gasteiger charge is 2.35. The van der Waals surface area contributed by atoms with Crippen molar-refractivity contribution >= 4 is 21.6 Å². The Balaban J connectivity index is 0.000000161. The Morgan fingerprint density at radius 3 is 1.45 bits per heavy atom. The number of nitrogens with zero attached hydrogens (tertiary/aromatic N) is 6. The Hall–Kier alpha value is -4.00. The van der Waals surface area contributed by atoms with Crippen molar-refractivity contribution in [2.45, 2.75) is 47.3 Å². The van der Waals surface area contributed by atoms with Crippen molar-refractivity contribution in [2.75, 3.05) is 11.5 Å². The van der Waals surface area contributed by atoms with Crippen LogP contribution in [-0.2, 0) is 21.6 Å². The van der Waals surface area contributed by atoms with E-state index in [2.05, 4.69) is 10.2 Å². The number of halogens is 2. The smallest absolute Gasteiger partial charge is 0.150 e. The molecule has 0 amide bonds. The average Bonchev–Trinajstić information content (AvgIpc) is 3.73. The number of hydrogen-bond donors (Lipinski definition) is 0. The lowest BCUT2D eigenvalue weighted by atomic mass is 10.0. The summed E-state index contributed by atoms with van der Waals surface area (Å²) in [7, 11) is -2.97. The average molecular weight is 579 g/mol. The maximum Gasteiger partial charge on any atom is 0.150 e. The van der Waals surface area contributed by atoms with Crippen LogP contribution in [0, 0.1) is 22.7 Å². The third kappa shape index (κ3) is 5.51. The standard InChI is InChI=1S/2C14H12FN3OS/c2*15-11-8-12(10-4-2-1-3-5-10)18-13(11)9-14(17-18)20(19)7-6-16/h2*1-5,9,11-12H,7-8H2/t11-,12-,20+;11-,12-,20-/m00/s1. The van der Waals surface area contributed by atoms with E-state index < -0.39 is 33.9 Å². The first-order valence-corrected chi connectivity index (χ1v) is 15.1. The number of hydrogen-bond acceptors (Lipinski definition) is 6. The minimum atomic E-state index is -1.49. The lowest BCUT2D eigenvalue weighted by Crippen LogP contribution is -2.08. The third-order valence-electron chi connectivity index (χ3n) is 6.80. The normalized spacial score (nSPS) is 22.2. The summed E-state index contributed by atoms with van der Waals surface area (Å²) in [5.41, 5.74) is 2.85. The van der Waals surface area contributed by atoms with Crippen LogP contribution in [0.1, 0.15) is 59.8 Å². The number of aromatic nitrogens is 4. The molecule has 4 aromatic rings. The van der Waals surface area contributed by atoms with Crippen LogP contribution in [0.4, 0.5) is 8.78 Å². The third-order valence-corrected chi connectivity index (χ3v) is 8.92. The monoisotopic (exact) mass is 578 g/mol. The maximum atomic E-state index is 14.1. The summed E-state index contributed by atoms with van der Waals surface area (Å²) in [6, 6.07) is 25.5. The van der Waals surface area contributed by atoms with E-state index in [1.165, 1.54) is 12.1 Å². The molecule has 40 heavy (non-hydrogen) atoms. The molecule has 0 unspecified atom stereocenters. The van der Waals surface area contributed by atoms with Crippen LogP contribution >= 0.6 is 0 Å². The first-order valence-electron chi connectivity index (χ1n) is 12.5. The quantitative estimate of drug-likeness (QED) is 0.317. The van der Waals surface area contributed by atoms with Crippen molar-refractivity contribution in [2.24, 2.45) is 0 Å². The zero-order valence-electron chi connectivity index (χ0n) is 21.1. The first-order chi connectivity index (χ1) is 19.4. The molecule has 6 rings (SSSR count). The van der Waals surface area contributed by atoms with E-state index in [4.69, 9.17) is 10.5 Å². The fraction of sp³-hybridized carbons (Fsp3) is 0.286. The second-order valence-corrected chi connectivity index (χ2v) is 12.1. The highest BCUT2D eigenvalue weighted by Crippen LogP contribution is 2.42. The van der Waals surface area contributed by atoms with Gasteiger partial charge in [0.1, 0.15) is 23.8 Å². The highest BCUT2D eigenvalue weighted by atomic mass is 32.2. The summed E-state index contributed by atoms with van der Waals surface area (Å²) in [4.78, 5) is 0. The van der Waals surface area contributed by atoms with Gasteiger partial charge in [0, 0.05) is 12.8 Å². The largest absolute Gasteiger partial charge is 0.258 e. The van der Waals surface area contributed by atoms with Gasteiger partial charge in [0.25, 0.3) is 0 Å². The molecule has 0 spiro atoms. The molecule has 0 fully saturated rings. The van der Waals surface area contributed by atoms with E-state index in [1.54, 1.807) is 9.36 Å². The molecule has 0 saturated heterocycles. The van der Waals surface area contributed by atoms with Crippen LogP contribution in [0.25, 0.3) is 0 Å². The summed E-state index contributed by atoms with van der Waals surface area (Å²) in [6.07, 6.45) is -1.53. The number of rotatable bonds is 6. The lowest BCUT2D eigenvalue weighted by Gasteiger charge is -2.11. The van der Waals surface area contributed by atoms with E-state index in [-0.39, 0.29) is 33.6 Å². The van der Waals surface area contributed by atoms with Crippen molar-refractivity contribution in [1.82, 2.24) is 19.6 Å².